The lowest BCUT2D eigenvalue weighted by Crippen LogP contribution is -2.33. The molecule has 0 aliphatic rings. The summed E-state index contributed by atoms with van der Waals surface area (Å²) in [4.78, 5) is 0. The van der Waals surface area contributed by atoms with E-state index in [1.807, 2.05) is 19.1 Å². The molecule has 1 N–H and O–H groups in total. The Labute approximate surface area is 107 Å². The highest BCUT2D eigenvalue weighted by Crippen LogP contribution is 2.27. The second kappa shape index (κ2) is 6.69. The minimum atomic E-state index is -0.336. The van der Waals surface area contributed by atoms with Gasteiger partial charge in [0.15, 0.2) is 6.29 Å². The topological polar surface area (TPSA) is 39.7 Å². The summed E-state index contributed by atoms with van der Waals surface area (Å²) in [6, 6.07) is 5.39. The van der Waals surface area contributed by atoms with Gasteiger partial charge in [-0.1, -0.05) is 11.6 Å². The number of ether oxygens (including phenoxy) is 3. The Morgan fingerprint density at radius 2 is 1.82 bits per heavy atom. The van der Waals surface area contributed by atoms with Crippen LogP contribution in [0.3, 0.4) is 0 Å². The number of hydrogen-bond donors (Lipinski definition) is 1. The number of methoxy groups -OCH3 is 3. The molecule has 1 rings (SSSR count). The van der Waals surface area contributed by atoms with Crippen molar-refractivity contribution in [1.29, 1.82) is 0 Å². The maximum absolute atomic E-state index is 6.09. The maximum atomic E-state index is 6.09. The van der Waals surface area contributed by atoms with E-state index < -0.39 is 0 Å². The van der Waals surface area contributed by atoms with Crippen LogP contribution >= 0.6 is 11.6 Å². The van der Waals surface area contributed by atoms with Crippen molar-refractivity contribution >= 4 is 17.3 Å². The summed E-state index contributed by atoms with van der Waals surface area (Å²) in [6.45, 7) is 1.95. The molecule has 0 aromatic heterocycles. The molecule has 0 amide bonds. The van der Waals surface area contributed by atoms with Gasteiger partial charge in [0.1, 0.15) is 5.75 Å². The van der Waals surface area contributed by atoms with Crippen LogP contribution in [-0.4, -0.2) is 33.7 Å². The van der Waals surface area contributed by atoms with Crippen molar-refractivity contribution < 1.29 is 14.2 Å². The lowest BCUT2D eigenvalue weighted by atomic mass is 10.2. The molecule has 0 radical (unpaired) electrons. The van der Waals surface area contributed by atoms with Crippen LogP contribution in [0.25, 0.3) is 0 Å². The third-order valence-corrected chi connectivity index (χ3v) is 2.76. The van der Waals surface area contributed by atoms with E-state index in [0.717, 1.165) is 11.4 Å². The zero-order chi connectivity index (χ0) is 12.8. The van der Waals surface area contributed by atoms with Crippen LogP contribution in [-0.2, 0) is 9.47 Å². The molecule has 0 bridgehead atoms. The second-order valence-corrected chi connectivity index (χ2v) is 4.03. The fraction of sp³-hybridized carbons (Fsp3) is 0.500. The van der Waals surface area contributed by atoms with Crippen LogP contribution in [0.1, 0.15) is 6.92 Å². The summed E-state index contributed by atoms with van der Waals surface area (Å²) in [5.74, 6) is 0.746. The predicted molar refractivity (Wildman–Crippen MR) is 68.9 cm³/mol. The highest BCUT2D eigenvalue weighted by atomic mass is 35.5. The van der Waals surface area contributed by atoms with Gasteiger partial charge in [0.2, 0.25) is 0 Å². The molecule has 4 nitrogen and oxygen atoms in total. The summed E-state index contributed by atoms with van der Waals surface area (Å²) in [5.41, 5.74) is 0.789. The molecule has 1 atom stereocenters. The monoisotopic (exact) mass is 259 g/mol. The first-order chi connectivity index (χ1) is 8.12. The first-order valence-electron chi connectivity index (χ1n) is 5.28. The average Bonchev–Trinajstić information content (AvgIpc) is 2.33. The van der Waals surface area contributed by atoms with Crippen LogP contribution in [0.2, 0.25) is 5.02 Å². The SMILES string of the molecule is COc1ccc(Cl)c(NC(C)C(OC)OC)c1. The van der Waals surface area contributed by atoms with E-state index in [1.54, 1.807) is 27.4 Å². The van der Waals surface area contributed by atoms with Gasteiger partial charge in [0.05, 0.1) is 23.9 Å². The molecule has 96 valence electrons. The van der Waals surface area contributed by atoms with Crippen molar-refractivity contribution in [3.05, 3.63) is 23.2 Å². The molecule has 0 fully saturated rings. The third-order valence-electron chi connectivity index (χ3n) is 2.43. The molecular weight excluding hydrogens is 242 g/mol. The van der Waals surface area contributed by atoms with Crippen LogP contribution in [0, 0.1) is 0 Å². The number of anilines is 1. The van der Waals surface area contributed by atoms with Crippen LogP contribution < -0.4 is 10.1 Å². The number of nitrogens with one attached hydrogen (secondary N) is 1. The van der Waals surface area contributed by atoms with Crippen LogP contribution in [0.4, 0.5) is 5.69 Å². The molecule has 0 saturated heterocycles. The molecule has 0 aliphatic carbocycles. The lowest BCUT2D eigenvalue weighted by molar-refractivity contribution is -0.109. The summed E-state index contributed by atoms with van der Waals surface area (Å²) < 4.78 is 15.5. The van der Waals surface area contributed by atoms with Crippen molar-refractivity contribution in [2.45, 2.75) is 19.3 Å². The van der Waals surface area contributed by atoms with E-state index in [-0.39, 0.29) is 12.3 Å². The number of hydrogen-bond acceptors (Lipinski definition) is 4. The maximum Gasteiger partial charge on any atom is 0.176 e. The highest BCUT2D eigenvalue weighted by Gasteiger charge is 2.16. The Morgan fingerprint density at radius 3 is 2.35 bits per heavy atom. The molecule has 0 spiro atoms. The van der Waals surface area contributed by atoms with Gasteiger partial charge in [-0.25, -0.2) is 0 Å². The van der Waals surface area contributed by atoms with Gasteiger partial charge in [-0.2, -0.15) is 0 Å². The Kier molecular flexibility index (Phi) is 5.55. The van der Waals surface area contributed by atoms with Crippen molar-refractivity contribution in [2.24, 2.45) is 0 Å². The number of halogens is 1. The van der Waals surface area contributed by atoms with Gasteiger partial charge in [-0.3, -0.25) is 0 Å². The molecular formula is C12H18ClNO3. The predicted octanol–water partition coefficient (Wildman–Crippen LogP) is 2.77. The minimum absolute atomic E-state index is 0.0328. The standard InChI is InChI=1S/C12H18ClNO3/c1-8(12(16-3)17-4)14-11-7-9(15-2)5-6-10(11)13/h5-8,12,14H,1-4H3. The Balaban J connectivity index is 2.79. The van der Waals surface area contributed by atoms with Gasteiger partial charge in [0, 0.05) is 20.3 Å². The summed E-state index contributed by atoms with van der Waals surface area (Å²) in [5, 5.41) is 3.85. The molecule has 1 unspecified atom stereocenters. The minimum Gasteiger partial charge on any atom is -0.497 e. The molecule has 0 heterocycles. The fourth-order valence-corrected chi connectivity index (χ4v) is 1.73. The van der Waals surface area contributed by atoms with E-state index in [1.165, 1.54) is 0 Å². The molecule has 1 aromatic carbocycles. The molecule has 1 aromatic rings. The van der Waals surface area contributed by atoms with E-state index >= 15 is 0 Å². The summed E-state index contributed by atoms with van der Waals surface area (Å²) >= 11 is 6.09. The van der Waals surface area contributed by atoms with Crippen molar-refractivity contribution in [1.82, 2.24) is 0 Å². The largest absolute Gasteiger partial charge is 0.497 e. The quantitative estimate of drug-likeness (QED) is 0.798. The van der Waals surface area contributed by atoms with Gasteiger partial charge in [-0.15, -0.1) is 0 Å². The van der Waals surface area contributed by atoms with Gasteiger partial charge >= 0.3 is 0 Å². The Hall–Kier alpha value is -0.970. The molecule has 17 heavy (non-hydrogen) atoms. The van der Waals surface area contributed by atoms with Crippen LogP contribution in [0.5, 0.6) is 5.75 Å². The third kappa shape index (κ3) is 3.77. The second-order valence-electron chi connectivity index (χ2n) is 3.62. The first kappa shape index (κ1) is 14.1. The Morgan fingerprint density at radius 1 is 1.18 bits per heavy atom. The smallest absolute Gasteiger partial charge is 0.176 e. The first-order valence-corrected chi connectivity index (χ1v) is 5.65. The van der Waals surface area contributed by atoms with E-state index in [0.29, 0.717) is 5.02 Å². The summed E-state index contributed by atoms with van der Waals surface area (Å²) in [6.07, 6.45) is -0.336. The summed E-state index contributed by atoms with van der Waals surface area (Å²) in [7, 11) is 4.81. The van der Waals surface area contributed by atoms with Crippen molar-refractivity contribution in [2.75, 3.05) is 26.6 Å². The highest BCUT2D eigenvalue weighted by molar-refractivity contribution is 6.33. The van der Waals surface area contributed by atoms with Crippen molar-refractivity contribution in [3.8, 4) is 5.75 Å². The normalized spacial score (nSPS) is 12.6. The fourth-order valence-electron chi connectivity index (χ4n) is 1.56. The lowest BCUT2D eigenvalue weighted by Gasteiger charge is -2.23. The zero-order valence-corrected chi connectivity index (χ0v) is 11.2. The molecule has 0 aliphatic heterocycles. The molecule has 0 saturated carbocycles. The van der Waals surface area contributed by atoms with Gasteiger partial charge < -0.3 is 19.5 Å². The van der Waals surface area contributed by atoms with Gasteiger partial charge in [-0.05, 0) is 19.1 Å². The zero-order valence-electron chi connectivity index (χ0n) is 10.5. The number of benzene rings is 1. The van der Waals surface area contributed by atoms with Crippen molar-refractivity contribution in [3.63, 3.8) is 0 Å². The van der Waals surface area contributed by atoms with E-state index in [2.05, 4.69) is 5.32 Å². The molecule has 5 heteroatoms. The Bertz CT molecular complexity index is 356. The van der Waals surface area contributed by atoms with E-state index in [9.17, 15) is 0 Å². The average molecular weight is 260 g/mol. The van der Waals surface area contributed by atoms with E-state index in [4.69, 9.17) is 25.8 Å². The van der Waals surface area contributed by atoms with Crippen LogP contribution in [0.15, 0.2) is 18.2 Å². The number of rotatable bonds is 6. The van der Waals surface area contributed by atoms with Gasteiger partial charge in [0.25, 0.3) is 0 Å².